The number of aliphatic hydroxyl groups is 2. The van der Waals surface area contributed by atoms with Gasteiger partial charge >= 0.3 is 0 Å². The van der Waals surface area contributed by atoms with E-state index in [9.17, 15) is 5.11 Å². The highest BCUT2D eigenvalue weighted by atomic mass is 16.3. The first-order valence-electron chi connectivity index (χ1n) is 4.60. The lowest BCUT2D eigenvalue weighted by molar-refractivity contribution is 0.118. The van der Waals surface area contributed by atoms with E-state index in [2.05, 4.69) is 6.08 Å². The molecular weight excluding hydrogens is 152 g/mol. The third-order valence-electron chi connectivity index (χ3n) is 2.89. The number of allylic oxidation sites excluding steroid dienone is 1. The van der Waals surface area contributed by atoms with Gasteiger partial charge in [-0.2, -0.15) is 0 Å². The van der Waals surface area contributed by atoms with Gasteiger partial charge in [0, 0.05) is 6.61 Å². The number of hydrogen-bond donors (Lipinski definition) is 2. The van der Waals surface area contributed by atoms with Gasteiger partial charge in [-0.05, 0) is 37.2 Å². The van der Waals surface area contributed by atoms with Crippen molar-refractivity contribution in [2.45, 2.75) is 32.8 Å². The monoisotopic (exact) mass is 170 g/mol. The molecule has 0 aromatic rings. The van der Waals surface area contributed by atoms with E-state index in [4.69, 9.17) is 5.11 Å². The van der Waals surface area contributed by atoms with Crippen LogP contribution in [0.4, 0.5) is 0 Å². The predicted molar refractivity (Wildman–Crippen MR) is 48.7 cm³/mol. The van der Waals surface area contributed by atoms with E-state index in [0.29, 0.717) is 11.8 Å². The van der Waals surface area contributed by atoms with Crippen molar-refractivity contribution in [3.05, 3.63) is 11.6 Å². The second-order valence-corrected chi connectivity index (χ2v) is 3.86. The Labute approximate surface area is 73.9 Å². The summed E-state index contributed by atoms with van der Waals surface area (Å²) in [4.78, 5) is 0. The highest BCUT2D eigenvalue weighted by molar-refractivity contribution is 5.09. The third kappa shape index (κ3) is 2.08. The maximum absolute atomic E-state index is 9.54. The SMILES string of the molecule is CC1=CC[C@H]([C@@H](C)CO)C[C@@H]1O. The van der Waals surface area contributed by atoms with Crippen LogP contribution in [0.15, 0.2) is 11.6 Å². The Balaban J connectivity index is 2.52. The van der Waals surface area contributed by atoms with E-state index in [1.807, 2.05) is 13.8 Å². The molecule has 2 nitrogen and oxygen atoms in total. The maximum Gasteiger partial charge on any atom is 0.0750 e. The Hall–Kier alpha value is -0.340. The fourth-order valence-corrected chi connectivity index (χ4v) is 1.66. The van der Waals surface area contributed by atoms with Crippen LogP contribution in [-0.2, 0) is 0 Å². The first-order chi connectivity index (χ1) is 5.65. The van der Waals surface area contributed by atoms with Crippen LogP contribution < -0.4 is 0 Å². The van der Waals surface area contributed by atoms with Crippen LogP contribution in [0.25, 0.3) is 0 Å². The minimum Gasteiger partial charge on any atom is -0.396 e. The minimum atomic E-state index is -0.280. The molecule has 1 aliphatic rings. The summed E-state index contributed by atoms with van der Waals surface area (Å²) in [6.45, 7) is 4.22. The van der Waals surface area contributed by atoms with Crippen LogP contribution in [0.2, 0.25) is 0 Å². The van der Waals surface area contributed by atoms with E-state index >= 15 is 0 Å². The van der Waals surface area contributed by atoms with Crippen molar-refractivity contribution in [3.8, 4) is 0 Å². The van der Waals surface area contributed by atoms with Crippen molar-refractivity contribution in [2.24, 2.45) is 11.8 Å². The average Bonchev–Trinajstić information content (AvgIpc) is 2.08. The van der Waals surface area contributed by atoms with Crippen LogP contribution in [0.3, 0.4) is 0 Å². The molecule has 2 N–H and O–H groups in total. The molecule has 0 saturated heterocycles. The summed E-state index contributed by atoms with van der Waals surface area (Å²) < 4.78 is 0. The summed E-state index contributed by atoms with van der Waals surface area (Å²) >= 11 is 0. The molecule has 0 saturated carbocycles. The van der Waals surface area contributed by atoms with Crippen LogP contribution >= 0.6 is 0 Å². The van der Waals surface area contributed by atoms with Gasteiger partial charge in [0.15, 0.2) is 0 Å². The molecular formula is C10H18O2. The van der Waals surface area contributed by atoms with Gasteiger partial charge < -0.3 is 10.2 Å². The first kappa shape index (κ1) is 9.75. The zero-order valence-electron chi connectivity index (χ0n) is 7.83. The zero-order valence-corrected chi connectivity index (χ0v) is 7.83. The molecule has 0 aliphatic heterocycles. The van der Waals surface area contributed by atoms with Gasteiger partial charge in [-0.25, -0.2) is 0 Å². The Morgan fingerprint density at radius 1 is 1.67 bits per heavy atom. The van der Waals surface area contributed by atoms with Crippen molar-refractivity contribution >= 4 is 0 Å². The smallest absolute Gasteiger partial charge is 0.0750 e. The lowest BCUT2D eigenvalue weighted by Gasteiger charge is -2.28. The largest absolute Gasteiger partial charge is 0.396 e. The van der Waals surface area contributed by atoms with Crippen molar-refractivity contribution in [1.29, 1.82) is 0 Å². The molecule has 12 heavy (non-hydrogen) atoms. The lowest BCUT2D eigenvalue weighted by Crippen LogP contribution is -2.25. The Morgan fingerprint density at radius 2 is 2.33 bits per heavy atom. The molecule has 3 atom stereocenters. The van der Waals surface area contributed by atoms with E-state index in [-0.39, 0.29) is 12.7 Å². The zero-order chi connectivity index (χ0) is 9.14. The molecule has 0 heterocycles. The van der Waals surface area contributed by atoms with Crippen molar-refractivity contribution in [1.82, 2.24) is 0 Å². The normalized spacial score (nSPS) is 32.8. The summed E-state index contributed by atoms with van der Waals surface area (Å²) in [5, 5.41) is 18.5. The average molecular weight is 170 g/mol. The van der Waals surface area contributed by atoms with Gasteiger partial charge in [-0.15, -0.1) is 0 Å². The predicted octanol–water partition coefficient (Wildman–Crippen LogP) is 1.33. The van der Waals surface area contributed by atoms with E-state index in [0.717, 1.165) is 18.4 Å². The van der Waals surface area contributed by atoms with Crippen molar-refractivity contribution < 1.29 is 10.2 Å². The van der Waals surface area contributed by atoms with Crippen LogP contribution in [0, 0.1) is 11.8 Å². The standard InChI is InChI=1S/C10H18O2/c1-7-3-4-9(5-10(7)12)8(2)6-11/h3,8-12H,4-6H2,1-2H3/t8-,9-,10-/m0/s1. The molecule has 0 bridgehead atoms. The minimum absolute atomic E-state index is 0.226. The molecule has 0 radical (unpaired) electrons. The molecule has 1 aliphatic carbocycles. The summed E-state index contributed by atoms with van der Waals surface area (Å²) in [5.74, 6) is 0.762. The highest BCUT2D eigenvalue weighted by Crippen LogP contribution is 2.29. The summed E-state index contributed by atoms with van der Waals surface area (Å²) in [6.07, 6.45) is 3.62. The molecule has 0 spiro atoms. The summed E-state index contributed by atoms with van der Waals surface area (Å²) in [5.41, 5.74) is 1.08. The molecule has 0 unspecified atom stereocenters. The second-order valence-electron chi connectivity index (χ2n) is 3.86. The Morgan fingerprint density at radius 3 is 2.83 bits per heavy atom. The van der Waals surface area contributed by atoms with Gasteiger partial charge in [0.25, 0.3) is 0 Å². The maximum atomic E-state index is 9.54. The van der Waals surface area contributed by atoms with Gasteiger partial charge in [0.05, 0.1) is 6.10 Å². The van der Waals surface area contributed by atoms with Gasteiger partial charge in [0.2, 0.25) is 0 Å². The first-order valence-corrected chi connectivity index (χ1v) is 4.60. The molecule has 0 aromatic carbocycles. The Kier molecular flexibility index (Phi) is 3.29. The fourth-order valence-electron chi connectivity index (χ4n) is 1.66. The van der Waals surface area contributed by atoms with Crippen LogP contribution in [-0.4, -0.2) is 22.9 Å². The molecule has 0 amide bonds. The van der Waals surface area contributed by atoms with Crippen molar-refractivity contribution in [3.63, 3.8) is 0 Å². The summed E-state index contributed by atoms with van der Waals surface area (Å²) in [6, 6.07) is 0. The lowest BCUT2D eigenvalue weighted by atomic mass is 9.81. The molecule has 0 fully saturated rings. The summed E-state index contributed by atoms with van der Waals surface area (Å²) in [7, 11) is 0. The van der Waals surface area contributed by atoms with Gasteiger partial charge in [-0.1, -0.05) is 13.0 Å². The van der Waals surface area contributed by atoms with Crippen molar-refractivity contribution in [2.75, 3.05) is 6.61 Å². The van der Waals surface area contributed by atoms with E-state index < -0.39 is 0 Å². The van der Waals surface area contributed by atoms with Gasteiger partial charge in [0.1, 0.15) is 0 Å². The molecule has 0 aromatic heterocycles. The number of aliphatic hydroxyl groups excluding tert-OH is 2. The van der Waals surface area contributed by atoms with Crippen LogP contribution in [0.5, 0.6) is 0 Å². The Bertz CT molecular complexity index is 175. The topological polar surface area (TPSA) is 40.5 Å². The number of hydrogen-bond acceptors (Lipinski definition) is 2. The quantitative estimate of drug-likeness (QED) is 0.614. The van der Waals surface area contributed by atoms with Gasteiger partial charge in [-0.3, -0.25) is 0 Å². The number of rotatable bonds is 2. The molecule has 70 valence electrons. The molecule has 1 rings (SSSR count). The highest BCUT2D eigenvalue weighted by Gasteiger charge is 2.23. The fraction of sp³-hybridized carbons (Fsp3) is 0.800. The van der Waals surface area contributed by atoms with E-state index in [1.165, 1.54) is 0 Å². The van der Waals surface area contributed by atoms with Crippen LogP contribution in [0.1, 0.15) is 26.7 Å². The third-order valence-corrected chi connectivity index (χ3v) is 2.89. The molecule has 2 heteroatoms. The second kappa shape index (κ2) is 4.06. The van der Waals surface area contributed by atoms with E-state index in [1.54, 1.807) is 0 Å².